The van der Waals surface area contributed by atoms with Gasteiger partial charge in [-0.05, 0) is 84.3 Å². The first-order chi connectivity index (χ1) is 16.1. The van der Waals surface area contributed by atoms with Gasteiger partial charge in [-0.25, -0.2) is 0 Å². The van der Waals surface area contributed by atoms with Gasteiger partial charge in [0.15, 0.2) is 34.5 Å². The van der Waals surface area contributed by atoms with Crippen LogP contribution in [0.4, 0.5) is 0 Å². The molecular weight excluding hydrogens is 420 g/mol. The Morgan fingerprint density at radius 2 is 0.970 bits per heavy atom. The van der Waals surface area contributed by atoms with Crippen LogP contribution in [0, 0.1) is 0 Å². The van der Waals surface area contributed by atoms with Gasteiger partial charge in [0.2, 0.25) is 6.79 Å². The first-order valence-electron chi connectivity index (χ1n) is 11.0. The van der Waals surface area contributed by atoms with Gasteiger partial charge in [0, 0.05) is 0 Å². The first kappa shape index (κ1) is 22.6. The second-order valence-corrected chi connectivity index (χ2v) is 7.85. The van der Waals surface area contributed by atoms with Gasteiger partial charge in [0.1, 0.15) is 0 Å². The van der Waals surface area contributed by atoms with Crippen molar-refractivity contribution in [1.82, 2.24) is 0 Å². The van der Waals surface area contributed by atoms with E-state index in [9.17, 15) is 0 Å². The molecule has 1 heterocycles. The van der Waals surface area contributed by atoms with E-state index in [0.717, 1.165) is 60.2 Å². The number of fused-ring (bicyclic) bond motifs is 1. The summed E-state index contributed by atoms with van der Waals surface area (Å²) in [5.41, 5.74) is 4.90. The molecule has 0 unspecified atom stereocenters. The van der Waals surface area contributed by atoms with Crippen molar-refractivity contribution in [2.75, 3.05) is 35.2 Å². The molecule has 0 saturated heterocycles. The Balaban J connectivity index is 1.53. The van der Waals surface area contributed by atoms with Crippen LogP contribution in [0.3, 0.4) is 0 Å². The Morgan fingerprint density at radius 3 is 1.36 bits per heavy atom. The van der Waals surface area contributed by atoms with Crippen LogP contribution in [0.1, 0.15) is 22.3 Å². The number of benzene rings is 3. The molecule has 3 aromatic carbocycles. The lowest BCUT2D eigenvalue weighted by molar-refractivity contribution is 0.174. The van der Waals surface area contributed by atoms with Gasteiger partial charge in [-0.15, -0.1) is 0 Å². The molecule has 0 N–H and O–H groups in total. The number of rotatable bonds is 10. The normalized spacial score (nSPS) is 11.9. The minimum Gasteiger partial charge on any atom is -0.493 e. The minimum atomic E-state index is 0.267. The third-order valence-electron chi connectivity index (χ3n) is 5.96. The van der Waals surface area contributed by atoms with E-state index < -0.39 is 0 Å². The van der Waals surface area contributed by atoms with Gasteiger partial charge in [-0.1, -0.05) is 12.1 Å². The lowest BCUT2D eigenvalue weighted by Crippen LogP contribution is -2.01. The van der Waals surface area contributed by atoms with Crippen molar-refractivity contribution in [3.63, 3.8) is 0 Å². The molecule has 0 aliphatic carbocycles. The summed E-state index contributed by atoms with van der Waals surface area (Å²) < 4.78 is 32.9. The maximum atomic E-state index is 5.64. The molecule has 4 rings (SSSR count). The fraction of sp³-hybridized carbons (Fsp3) is 0.333. The molecule has 6 heteroatoms. The number of ether oxygens (including phenoxy) is 6. The molecule has 0 saturated carbocycles. The molecule has 174 valence electrons. The van der Waals surface area contributed by atoms with Crippen molar-refractivity contribution in [1.29, 1.82) is 0 Å². The van der Waals surface area contributed by atoms with Crippen molar-refractivity contribution >= 4 is 0 Å². The predicted octanol–water partition coefficient (Wildman–Crippen LogP) is 5.02. The fourth-order valence-electron chi connectivity index (χ4n) is 4.12. The molecule has 1 aliphatic rings. The summed E-state index contributed by atoms with van der Waals surface area (Å²) in [5.74, 6) is 4.59. The summed E-state index contributed by atoms with van der Waals surface area (Å²) in [6.07, 6.45) is 3.52. The summed E-state index contributed by atoms with van der Waals surface area (Å²) in [6, 6.07) is 16.4. The summed E-state index contributed by atoms with van der Waals surface area (Å²) in [7, 11) is 6.61. The SMILES string of the molecule is COc1ccc(CCc2cc3c(cc2CCc2ccc(OC)c(OC)c2)OCO3)cc1OC. The molecular formula is C27H30O6. The highest BCUT2D eigenvalue weighted by molar-refractivity contribution is 5.50. The van der Waals surface area contributed by atoms with E-state index in [0.29, 0.717) is 0 Å². The summed E-state index contributed by atoms with van der Waals surface area (Å²) in [6.45, 7) is 0.267. The van der Waals surface area contributed by atoms with Gasteiger partial charge < -0.3 is 28.4 Å². The monoisotopic (exact) mass is 450 g/mol. The van der Waals surface area contributed by atoms with E-state index in [1.54, 1.807) is 28.4 Å². The van der Waals surface area contributed by atoms with Crippen LogP contribution in [0.2, 0.25) is 0 Å². The lowest BCUT2D eigenvalue weighted by Gasteiger charge is -2.14. The van der Waals surface area contributed by atoms with E-state index in [-0.39, 0.29) is 6.79 Å². The first-order valence-corrected chi connectivity index (χ1v) is 11.0. The van der Waals surface area contributed by atoms with Crippen molar-refractivity contribution in [2.24, 2.45) is 0 Å². The number of hydrogen-bond donors (Lipinski definition) is 0. The van der Waals surface area contributed by atoms with Crippen molar-refractivity contribution in [3.8, 4) is 34.5 Å². The Hall–Kier alpha value is -3.54. The van der Waals surface area contributed by atoms with Crippen LogP contribution in [0.25, 0.3) is 0 Å². The molecule has 1 aliphatic heterocycles. The summed E-state index contributed by atoms with van der Waals surface area (Å²) in [5, 5.41) is 0. The van der Waals surface area contributed by atoms with Gasteiger partial charge >= 0.3 is 0 Å². The van der Waals surface area contributed by atoms with Crippen molar-refractivity contribution in [3.05, 3.63) is 70.8 Å². The zero-order valence-corrected chi connectivity index (χ0v) is 19.6. The molecule has 0 aromatic heterocycles. The van der Waals surface area contributed by atoms with Crippen molar-refractivity contribution < 1.29 is 28.4 Å². The zero-order chi connectivity index (χ0) is 23.2. The van der Waals surface area contributed by atoms with Crippen LogP contribution in [-0.4, -0.2) is 35.2 Å². The minimum absolute atomic E-state index is 0.267. The molecule has 0 spiro atoms. The molecule has 0 atom stereocenters. The number of aryl methyl sites for hydroxylation is 4. The average Bonchev–Trinajstić information content (AvgIpc) is 3.32. The van der Waals surface area contributed by atoms with E-state index in [1.807, 2.05) is 24.3 Å². The second-order valence-electron chi connectivity index (χ2n) is 7.85. The highest BCUT2D eigenvalue weighted by Crippen LogP contribution is 2.36. The highest BCUT2D eigenvalue weighted by Gasteiger charge is 2.18. The quantitative estimate of drug-likeness (QED) is 0.432. The van der Waals surface area contributed by atoms with Gasteiger partial charge in [-0.3, -0.25) is 0 Å². The van der Waals surface area contributed by atoms with E-state index in [2.05, 4.69) is 24.3 Å². The lowest BCUT2D eigenvalue weighted by atomic mass is 9.94. The summed E-state index contributed by atoms with van der Waals surface area (Å²) in [4.78, 5) is 0. The van der Waals surface area contributed by atoms with Gasteiger partial charge in [-0.2, -0.15) is 0 Å². The largest absolute Gasteiger partial charge is 0.493 e. The fourth-order valence-corrected chi connectivity index (χ4v) is 4.12. The molecule has 0 bridgehead atoms. The van der Waals surface area contributed by atoms with Crippen molar-refractivity contribution in [2.45, 2.75) is 25.7 Å². The Kier molecular flexibility index (Phi) is 7.13. The Bertz CT molecular complexity index is 1020. The van der Waals surface area contributed by atoms with E-state index in [1.165, 1.54) is 22.3 Å². The zero-order valence-electron chi connectivity index (χ0n) is 19.6. The smallest absolute Gasteiger partial charge is 0.231 e. The van der Waals surface area contributed by atoms with E-state index >= 15 is 0 Å². The van der Waals surface area contributed by atoms with Gasteiger partial charge in [0.05, 0.1) is 28.4 Å². The van der Waals surface area contributed by atoms with Crippen LogP contribution in [0.15, 0.2) is 48.5 Å². The average molecular weight is 451 g/mol. The molecule has 0 amide bonds. The molecule has 0 radical (unpaired) electrons. The van der Waals surface area contributed by atoms with Crippen LogP contribution in [0.5, 0.6) is 34.5 Å². The maximum Gasteiger partial charge on any atom is 0.231 e. The Morgan fingerprint density at radius 1 is 0.545 bits per heavy atom. The Labute approximate surface area is 195 Å². The predicted molar refractivity (Wildman–Crippen MR) is 126 cm³/mol. The van der Waals surface area contributed by atoms with Crippen LogP contribution < -0.4 is 28.4 Å². The van der Waals surface area contributed by atoms with Crippen LogP contribution in [-0.2, 0) is 25.7 Å². The molecule has 0 fully saturated rings. The topological polar surface area (TPSA) is 55.4 Å². The third-order valence-corrected chi connectivity index (χ3v) is 5.96. The van der Waals surface area contributed by atoms with E-state index in [4.69, 9.17) is 28.4 Å². The summed E-state index contributed by atoms with van der Waals surface area (Å²) >= 11 is 0. The molecule has 3 aromatic rings. The third kappa shape index (κ3) is 5.11. The standard InChI is InChI=1S/C27H30O6/c1-28-22-11-7-18(13-24(22)30-3)5-9-20-15-26-27(33-17-32-26)16-21(20)10-6-19-8-12-23(29-2)25(14-19)31-4/h7-8,11-16H,5-6,9-10,17H2,1-4H3. The highest BCUT2D eigenvalue weighted by atomic mass is 16.7. The molecule has 33 heavy (non-hydrogen) atoms. The second kappa shape index (κ2) is 10.4. The molecule has 6 nitrogen and oxygen atoms in total. The number of methoxy groups -OCH3 is 4. The number of hydrogen-bond acceptors (Lipinski definition) is 6. The van der Waals surface area contributed by atoms with Gasteiger partial charge in [0.25, 0.3) is 0 Å². The maximum absolute atomic E-state index is 5.64. The van der Waals surface area contributed by atoms with Crippen LogP contribution >= 0.6 is 0 Å².